The average Bonchev–Trinajstić information content (AvgIpc) is 3.42. The molecule has 0 spiro atoms. The molecule has 0 saturated carbocycles. The summed E-state index contributed by atoms with van der Waals surface area (Å²) in [5, 5.41) is 0. The Balaban J connectivity index is 1.55. The van der Waals surface area contributed by atoms with Crippen LogP contribution in [0.5, 0.6) is 0 Å². The van der Waals surface area contributed by atoms with Crippen molar-refractivity contribution >= 4 is 23.2 Å². The summed E-state index contributed by atoms with van der Waals surface area (Å²) in [5.74, 6) is 0.301. The second kappa shape index (κ2) is 7.75. The molecule has 1 aromatic heterocycles. The van der Waals surface area contributed by atoms with Gasteiger partial charge in [0.05, 0.1) is 0 Å². The van der Waals surface area contributed by atoms with Gasteiger partial charge in [0.25, 0.3) is 0 Å². The van der Waals surface area contributed by atoms with Gasteiger partial charge < -0.3 is 9.80 Å². The van der Waals surface area contributed by atoms with E-state index in [1.165, 1.54) is 0 Å². The SMILES string of the molecule is O=C1CCCN1c1cc(-c2ccc(-c3cccnc3)cc2)cc(N2CCCC2=O)c1. The molecule has 2 saturated heterocycles. The van der Waals surface area contributed by atoms with Crippen molar-refractivity contribution in [1.82, 2.24) is 4.98 Å². The molecule has 30 heavy (non-hydrogen) atoms. The minimum atomic E-state index is 0.151. The molecular formula is C25H23N3O2. The van der Waals surface area contributed by atoms with Gasteiger partial charge in [-0.05, 0) is 59.4 Å². The summed E-state index contributed by atoms with van der Waals surface area (Å²) in [7, 11) is 0. The number of nitrogens with zero attached hydrogens (tertiary/aromatic N) is 3. The molecule has 0 radical (unpaired) electrons. The van der Waals surface area contributed by atoms with Crippen molar-refractivity contribution in [3.05, 3.63) is 67.0 Å². The van der Waals surface area contributed by atoms with E-state index in [4.69, 9.17) is 0 Å². The third kappa shape index (κ3) is 3.47. The highest BCUT2D eigenvalue weighted by Crippen LogP contribution is 2.35. The highest BCUT2D eigenvalue weighted by atomic mass is 16.2. The Morgan fingerprint density at radius 3 is 1.70 bits per heavy atom. The molecule has 3 heterocycles. The lowest BCUT2D eigenvalue weighted by molar-refractivity contribution is -0.117. The lowest BCUT2D eigenvalue weighted by Crippen LogP contribution is -2.26. The summed E-state index contributed by atoms with van der Waals surface area (Å²) >= 11 is 0. The molecule has 0 N–H and O–H groups in total. The van der Waals surface area contributed by atoms with Crippen LogP contribution in [0.3, 0.4) is 0 Å². The summed E-state index contributed by atoms with van der Waals surface area (Å²) < 4.78 is 0. The maximum atomic E-state index is 12.4. The minimum Gasteiger partial charge on any atom is -0.312 e. The highest BCUT2D eigenvalue weighted by molar-refractivity contribution is 6.00. The molecule has 0 aliphatic carbocycles. The van der Waals surface area contributed by atoms with Crippen LogP contribution < -0.4 is 9.80 Å². The Morgan fingerprint density at radius 2 is 1.23 bits per heavy atom. The maximum Gasteiger partial charge on any atom is 0.227 e. The fourth-order valence-corrected chi connectivity index (χ4v) is 4.30. The first-order valence-electron chi connectivity index (χ1n) is 10.5. The second-order valence-corrected chi connectivity index (χ2v) is 7.85. The Bertz CT molecular complexity index is 1050. The van der Waals surface area contributed by atoms with Crippen molar-refractivity contribution in [2.75, 3.05) is 22.9 Å². The Labute approximate surface area is 176 Å². The number of hydrogen-bond acceptors (Lipinski definition) is 3. The molecule has 5 rings (SSSR count). The molecule has 2 fully saturated rings. The first-order valence-corrected chi connectivity index (χ1v) is 10.5. The molecular weight excluding hydrogens is 374 g/mol. The lowest BCUT2D eigenvalue weighted by atomic mass is 10.00. The third-order valence-corrected chi connectivity index (χ3v) is 5.89. The van der Waals surface area contributed by atoms with Crippen molar-refractivity contribution in [1.29, 1.82) is 0 Å². The van der Waals surface area contributed by atoms with Gasteiger partial charge in [-0.3, -0.25) is 14.6 Å². The second-order valence-electron chi connectivity index (χ2n) is 7.85. The number of anilines is 2. The molecule has 2 aliphatic rings. The molecule has 2 aromatic carbocycles. The standard InChI is InChI=1S/C25H23N3O2/c29-24-5-2-12-27(24)22-14-21(15-23(16-22)28-13-3-6-25(28)30)19-9-7-18(8-10-19)20-4-1-11-26-17-20/h1,4,7-11,14-17H,2-3,5-6,12-13H2. The number of aromatic nitrogens is 1. The van der Waals surface area contributed by atoms with Crippen LogP contribution in [0.2, 0.25) is 0 Å². The average molecular weight is 397 g/mol. The van der Waals surface area contributed by atoms with E-state index < -0.39 is 0 Å². The Morgan fingerprint density at radius 1 is 0.667 bits per heavy atom. The van der Waals surface area contributed by atoms with Gasteiger partial charge in [0, 0.05) is 49.7 Å². The smallest absolute Gasteiger partial charge is 0.227 e. The molecule has 5 heteroatoms. The number of benzene rings is 2. The van der Waals surface area contributed by atoms with Crippen molar-refractivity contribution < 1.29 is 9.59 Å². The Kier molecular flexibility index (Phi) is 4.79. The highest BCUT2D eigenvalue weighted by Gasteiger charge is 2.26. The van der Waals surface area contributed by atoms with E-state index >= 15 is 0 Å². The number of rotatable bonds is 4. The van der Waals surface area contributed by atoms with Crippen LogP contribution in [-0.2, 0) is 9.59 Å². The zero-order valence-electron chi connectivity index (χ0n) is 16.8. The fourth-order valence-electron chi connectivity index (χ4n) is 4.30. The zero-order valence-corrected chi connectivity index (χ0v) is 16.8. The number of carbonyl (C=O) groups excluding carboxylic acids is 2. The number of carbonyl (C=O) groups is 2. The van der Waals surface area contributed by atoms with Crippen LogP contribution in [0.15, 0.2) is 67.0 Å². The molecule has 5 nitrogen and oxygen atoms in total. The molecule has 0 bridgehead atoms. The van der Waals surface area contributed by atoms with Gasteiger partial charge in [0.2, 0.25) is 11.8 Å². The van der Waals surface area contributed by atoms with E-state index in [2.05, 4.69) is 41.4 Å². The van der Waals surface area contributed by atoms with Crippen molar-refractivity contribution in [3.63, 3.8) is 0 Å². The summed E-state index contributed by atoms with van der Waals surface area (Å²) in [6.45, 7) is 1.46. The van der Waals surface area contributed by atoms with Gasteiger partial charge in [-0.1, -0.05) is 30.3 Å². The summed E-state index contributed by atoms with van der Waals surface area (Å²) in [6.07, 6.45) is 6.54. The van der Waals surface area contributed by atoms with Crippen molar-refractivity contribution in [2.24, 2.45) is 0 Å². The lowest BCUT2D eigenvalue weighted by Gasteiger charge is -2.22. The number of pyridine rings is 1. The predicted octanol–water partition coefficient (Wildman–Crippen LogP) is 4.67. The van der Waals surface area contributed by atoms with Crippen LogP contribution >= 0.6 is 0 Å². The van der Waals surface area contributed by atoms with Gasteiger partial charge in [0.15, 0.2) is 0 Å². The van der Waals surface area contributed by atoms with Gasteiger partial charge in [-0.2, -0.15) is 0 Å². The van der Waals surface area contributed by atoms with E-state index in [0.29, 0.717) is 12.8 Å². The van der Waals surface area contributed by atoms with Crippen molar-refractivity contribution in [3.8, 4) is 22.3 Å². The van der Waals surface area contributed by atoms with Crippen LogP contribution in [-0.4, -0.2) is 29.9 Å². The minimum absolute atomic E-state index is 0.151. The molecule has 3 aromatic rings. The van der Waals surface area contributed by atoms with E-state index in [0.717, 1.165) is 59.6 Å². The molecule has 0 atom stereocenters. The van der Waals surface area contributed by atoms with Crippen LogP contribution in [0, 0.1) is 0 Å². The van der Waals surface area contributed by atoms with Gasteiger partial charge in [0.1, 0.15) is 0 Å². The Hall–Kier alpha value is -3.47. The van der Waals surface area contributed by atoms with Crippen LogP contribution in [0.1, 0.15) is 25.7 Å². The summed E-state index contributed by atoms with van der Waals surface area (Å²) in [6, 6.07) is 18.4. The molecule has 0 unspecified atom stereocenters. The monoisotopic (exact) mass is 397 g/mol. The topological polar surface area (TPSA) is 53.5 Å². The summed E-state index contributed by atoms with van der Waals surface area (Å²) in [4.78, 5) is 32.6. The van der Waals surface area contributed by atoms with Crippen LogP contribution in [0.4, 0.5) is 11.4 Å². The third-order valence-electron chi connectivity index (χ3n) is 5.89. The number of amides is 2. The van der Waals surface area contributed by atoms with E-state index in [1.807, 2.05) is 34.2 Å². The predicted molar refractivity (Wildman–Crippen MR) is 118 cm³/mol. The zero-order chi connectivity index (χ0) is 20.5. The van der Waals surface area contributed by atoms with Crippen molar-refractivity contribution in [2.45, 2.75) is 25.7 Å². The van der Waals surface area contributed by atoms with E-state index in [-0.39, 0.29) is 11.8 Å². The molecule has 2 aliphatic heterocycles. The number of hydrogen-bond donors (Lipinski definition) is 0. The quantitative estimate of drug-likeness (QED) is 0.643. The molecule has 150 valence electrons. The maximum absolute atomic E-state index is 12.4. The first kappa shape index (κ1) is 18.6. The van der Waals surface area contributed by atoms with Crippen LogP contribution in [0.25, 0.3) is 22.3 Å². The van der Waals surface area contributed by atoms with E-state index in [1.54, 1.807) is 6.20 Å². The largest absolute Gasteiger partial charge is 0.312 e. The first-order chi connectivity index (χ1) is 14.7. The summed E-state index contributed by atoms with van der Waals surface area (Å²) in [5.41, 5.74) is 6.00. The van der Waals surface area contributed by atoms with E-state index in [9.17, 15) is 9.59 Å². The van der Waals surface area contributed by atoms with Gasteiger partial charge in [-0.25, -0.2) is 0 Å². The van der Waals surface area contributed by atoms with Gasteiger partial charge >= 0.3 is 0 Å². The fraction of sp³-hybridized carbons (Fsp3) is 0.240. The molecule has 2 amide bonds. The normalized spacial score (nSPS) is 16.5. The van der Waals surface area contributed by atoms with Gasteiger partial charge in [-0.15, -0.1) is 0 Å².